The van der Waals surface area contributed by atoms with Gasteiger partial charge in [0.15, 0.2) is 5.65 Å². The van der Waals surface area contributed by atoms with E-state index >= 15 is 0 Å². The molecule has 0 aromatic carbocycles. The fraction of sp³-hybridized carbons (Fsp3) is 0.542. The minimum absolute atomic E-state index is 0.110. The molecule has 6 rings (SSSR count). The quantitative estimate of drug-likeness (QED) is 0.376. The lowest BCUT2D eigenvalue weighted by Crippen LogP contribution is -2.45. The lowest BCUT2D eigenvalue weighted by atomic mass is 9.91. The average molecular weight is 506 g/mol. The number of anilines is 1. The Kier molecular flexibility index (Phi) is 6.72. The fourth-order valence-corrected chi connectivity index (χ4v) is 5.11. The average Bonchev–Trinajstić information content (AvgIpc) is 3.55. The number of rotatable bonds is 7. The predicted molar refractivity (Wildman–Crippen MR) is 135 cm³/mol. The third-order valence-electron chi connectivity index (χ3n) is 7.16. The summed E-state index contributed by atoms with van der Waals surface area (Å²) in [4.78, 5) is 23.0. The van der Waals surface area contributed by atoms with Crippen LogP contribution in [0, 0.1) is 0 Å². The van der Waals surface area contributed by atoms with E-state index in [-0.39, 0.29) is 12.7 Å². The molecule has 2 fully saturated rings. The summed E-state index contributed by atoms with van der Waals surface area (Å²) in [6, 6.07) is 0. The molecule has 0 spiro atoms. The standard InChI is InChI=1S/C24H31N11O2/c1-32-14-19(12-28-32)21-13-25-22-23(29-21)35(31-30-22)16-20-15-34(7-9-37-20)24-26-10-18(11-27-24)17-2-4-33(5-3-17)6-8-36/h10-14,17,20,36H,2-9,15-16H2,1H3. The van der Waals surface area contributed by atoms with Gasteiger partial charge in [-0.3, -0.25) is 4.68 Å². The molecule has 6 heterocycles. The molecule has 0 bridgehead atoms. The Bertz CT molecular complexity index is 1330. The molecule has 1 N–H and O–H groups in total. The van der Waals surface area contributed by atoms with Gasteiger partial charge >= 0.3 is 0 Å². The van der Waals surface area contributed by atoms with E-state index in [0.717, 1.165) is 56.2 Å². The number of aromatic nitrogens is 9. The number of β-amino-alcohol motifs (C(OH)–C–C–N with tert-alkyl or cyclic N) is 1. The van der Waals surface area contributed by atoms with Gasteiger partial charge in [0.2, 0.25) is 11.6 Å². The van der Waals surface area contributed by atoms with E-state index in [2.05, 4.69) is 30.2 Å². The van der Waals surface area contributed by atoms with E-state index in [9.17, 15) is 0 Å². The molecule has 2 aliphatic rings. The number of hydrogen-bond acceptors (Lipinski definition) is 11. The van der Waals surface area contributed by atoms with Crippen molar-refractivity contribution in [2.45, 2.75) is 31.4 Å². The summed E-state index contributed by atoms with van der Waals surface area (Å²) in [5, 5.41) is 21.8. The van der Waals surface area contributed by atoms with Crippen LogP contribution in [0.5, 0.6) is 0 Å². The number of piperidine rings is 1. The molecule has 1 unspecified atom stereocenters. The van der Waals surface area contributed by atoms with Crippen LogP contribution in [-0.2, 0) is 18.3 Å². The molecule has 194 valence electrons. The molecule has 2 aliphatic heterocycles. The Morgan fingerprint density at radius 3 is 2.65 bits per heavy atom. The Labute approximate surface area is 214 Å². The summed E-state index contributed by atoms with van der Waals surface area (Å²) in [6.45, 7) is 5.45. The maximum absolute atomic E-state index is 9.16. The Hall–Kier alpha value is -3.55. The van der Waals surface area contributed by atoms with E-state index in [1.165, 1.54) is 5.56 Å². The normalized spacial score (nSPS) is 19.6. The first-order valence-electron chi connectivity index (χ1n) is 12.7. The van der Waals surface area contributed by atoms with E-state index in [1.807, 2.05) is 25.6 Å². The lowest BCUT2D eigenvalue weighted by Gasteiger charge is -2.33. The highest BCUT2D eigenvalue weighted by atomic mass is 16.5. The van der Waals surface area contributed by atoms with Crippen LogP contribution in [0.3, 0.4) is 0 Å². The fourth-order valence-electron chi connectivity index (χ4n) is 5.11. The maximum Gasteiger partial charge on any atom is 0.225 e. The highest BCUT2D eigenvalue weighted by Gasteiger charge is 2.26. The molecule has 0 aliphatic carbocycles. The highest BCUT2D eigenvalue weighted by Crippen LogP contribution is 2.28. The smallest absolute Gasteiger partial charge is 0.225 e. The molecule has 2 saturated heterocycles. The number of aliphatic hydroxyl groups is 1. The molecular formula is C24H31N11O2. The predicted octanol–water partition coefficient (Wildman–Crippen LogP) is 0.489. The highest BCUT2D eigenvalue weighted by molar-refractivity contribution is 5.69. The first-order valence-corrected chi connectivity index (χ1v) is 12.7. The largest absolute Gasteiger partial charge is 0.395 e. The van der Waals surface area contributed by atoms with Crippen molar-refractivity contribution < 1.29 is 9.84 Å². The molecule has 4 aromatic rings. The van der Waals surface area contributed by atoms with Crippen LogP contribution in [0.4, 0.5) is 5.95 Å². The van der Waals surface area contributed by atoms with E-state index in [4.69, 9.17) is 24.8 Å². The topological polar surface area (TPSA) is 136 Å². The monoisotopic (exact) mass is 505 g/mol. The molecular weight excluding hydrogens is 474 g/mol. The minimum Gasteiger partial charge on any atom is -0.395 e. The summed E-state index contributed by atoms with van der Waals surface area (Å²) in [5.74, 6) is 1.19. The number of likely N-dealkylation sites (tertiary alicyclic amines) is 1. The van der Waals surface area contributed by atoms with Crippen molar-refractivity contribution in [3.63, 3.8) is 0 Å². The summed E-state index contributed by atoms with van der Waals surface area (Å²) in [7, 11) is 1.87. The van der Waals surface area contributed by atoms with Crippen molar-refractivity contribution in [2.24, 2.45) is 7.05 Å². The second kappa shape index (κ2) is 10.4. The number of morpholine rings is 1. The zero-order valence-corrected chi connectivity index (χ0v) is 20.9. The van der Waals surface area contributed by atoms with E-state index in [1.54, 1.807) is 21.8 Å². The van der Waals surface area contributed by atoms with Crippen molar-refractivity contribution in [1.29, 1.82) is 0 Å². The first-order chi connectivity index (χ1) is 18.2. The van der Waals surface area contributed by atoms with Gasteiger partial charge in [0.25, 0.3) is 0 Å². The third-order valence-corrected chi connectivity index (χ3v) is 7.16. The van der Waals surface area contributed by atoms with Crippen LogP contribution in [0.1, 0.15) is 24.3 Å². The second-order valence-electron chi connectivity index (χ2n) is 9.67. The van der Waals surface area contributed by atoms with Gasteiger partial charge in [0.1, 0.15) is 0 Å². The van der Waals surface area contributed by atoms with Gasteiger partial charge in [0.05, 0.1) is 44.0 Å². The number of fused-ring (bicyclic) bond motifs is 1. The number of hydrogen-bond donors (Lipinski definition) is 1. The van der Waals surface area contributed by atoms with Gasteiger partial charge < -0.3 is 19.6 Å². The SMILES string of the molecule is Cn1cc(-c2cnc3nnn(CC4CN(c5ncc(C6CCN(CCO)CC6)cn5)CCO4)c3n2)cn1. The van der Waals surface area contributed by atoms with Crippen molar-refractivity contribution in [2.75, 3.05) is 50.8 Å². The van der Waals surface area contributed by atoms with Crippen molar-refractivity contribution >= 4 is 17.2 Å². The van der Waals surface area contributed by atoms with Crippen LogP contribution in [0.2, 0.25) is 0 Å². The van der Waals surface area contributed by atoms with Gasteiger partial charge in [-0.05, 0) is 37.4 Å². The van der Waals surface area contributed by atoms with Gasteiger partial charge in [0, 0.05) is 50.8 Å². The molecule has 4 aromatic heterocycles. The van der Waals surface area contributed by atoms with Gasteiger partial charge in [-0.1, -0.05) is 5.21 Å². The van der Waals surface area contributed by atoms with Crippen LogP contribution in [0.15, 0.2) is 31.0 Å². The van der Waals surface area contributed by atoms with Crippen LogP contribution < -0.4 is 4.90 Å². The van der Waals surface area contributed by atoms with Crippen LogP contribution in [0.25, 0.3) is 22.6 Å². The van der Waals surface area contributed by atoms with Crippen molar-refractivity contribution in [3.8, 4) is 11.3 Å². The third kappa shape index (κ3) is 5.15. The molecule has 37 heavy (non-hydrogen) atoms. The Morgan fingerprint density at radius 2 is 1.89 bits per heavy atom. The van der Waals surface area contributed by atoms with Gasteiger partial charge in [-0.25, -0.2) is 24.6 Å². The number of aliphatic hydroxyl groups excluding tert-OH is 1. The maximum atomic E-state index is 9.16. The van der Waals surface area contributed by atoms with E-state index in [0.29, 0.717) is 36.9 Å². The minimum atomic E-state index is -0.110. The molecule has 1 atom stereocenters. The van der Waals surface area contributed by atoms with Gasteiger partial charge in [-0.15, -0.1) is 5.10 Å². The zero-order chi connectivity index (χ0) is 25.2. The summed E-state index contributed by atoms with van der Waals surface area (Å²) in [6.07, 6.45) is 11.3. The molecule has 13 heteroatoms. The molecule has 0 amide bonds. The second-order valence-corrected chi connectivity index (χ2v) is 9.67. The van der Waals surface area contributed by atoms with Crippen LogP contribution in [-0.4, -0.2) is 107 Å². The number of ether oxygens (including phenoxy) is 1. The van der Waals surface area contributed by atoms with Crippen LogP contribution >= 0.6 is 0 Å². The van der Waals surface area contributed by atoms with Crippen molar-refractivity contribution in [1.82, 2.24) is 49.6 Å². The number of nitrogens with zero attached hydrogens (tertiary/aromatic N) is 11. The molecule has 13 nitrogen and oxygen atoms in total. The summed E-state index contributed by atoms with van der Waals surface area (Å²) in [5.41, 5.74) is 3.92. The summed E-state index contributed by atoms with van der Waals surface area (Å²) < 4.78 is 9.54. The Morgan fingerprint density at radius 1 is 1.05 bits per heavy atom. The van der Waals surface area contributed by atoms with Crippen molar-refractivity contribution in [3.05, 3.63) is 36.5 Å². The zero-order valence-electron chi connectivity index (χ0n) is 20.9. The first kappa shape index (κ1) is 23.8. The molecule has 0 radical (unpaired) electrons. The van der Waals surface area contributed by atoms with Gasteiger partial charge in [-0.2, -0.15) is 5.10 Å². The molecule has 0 saturated carbocycles. The number of aryl methyl sites for hydroxylation is 1. The van der Waals surface area contributed by atoms with E-state index < -0.39 is 0 Å². The lowest BCUT2D eigenvalue weighted by molar-refractivity contribution is 0.0272. The Balaban J connectivity index is 1.11. The summed E-state index contributed by atoms with van der Waals surface area (Å²) >= 11 is 0.